The molecular weight excluding hydrogens is 286 g/mol. The van der Waals surface area contributed by atoms with E-state index in [1.165, 1.54) is 23.6 Å². The predicted octanol–water partition coefficient (Wildman–Crippen LogP) is 1.83. The van der Waals surface area contributed by atoms with E-state index in [9.17, 15) is 8.42 Å². The number of hydrogen-bond acceptors (Lipinski definition) is 4. The molecule has 0 amide bonds. The van der Waals surface area contributed by atoms with E-state index < -0.39 is 10.0 Å². The van der Waals surface area contributed by atoms with Gasteiger partial charge in [0.15, 0.2) is 0 Å². The minimum absolute atomic E-state index is 0.341. The van der Waals surface area contributed by atoms with Gasteiger partial charge in [0.1, 0.15) is 4.90 Å². The molecule has 0 radical (unpaired) electrons. The third-order valence-corrected chi connectivity index (χ3v) is 5.71. The average Bonchev–Trinajstić information content (AvgIpc) is 2.48. The first kappa shape index (κ1) is 16.3. The summed E-state index contributed by atoms with van der Waals surface area (Å²) in [7, 11) is -0.295. The van der Waals surface area contributed by atoms with Crippen molar-refractivity contribution in [3.63, 3.8) is 0 Å². The Morgan fingerprint density at radius 2 is 1.81 bits per heavy atom. The largest absolute Gasteiger partial charge is 0.383 e. The Labute approximate surface area is 128 Å². The molecule has 0 aromatic heterocycles. The topological polar surface area (TPSA) is 52.7 Å². The number of nitrogens with zero attached hydrogens (tertiary/aromatic N) is 2. The summed E-state index contributed by atoms with van der Waals surface area (Å²) in [6, 6.07) is 7.09. The molecule has 1 saturated heterocycles. The highest BCUT2D eigenvalue weighted by Crippen LogP contribution is 2.22. The molecule has 1 heterocycles. The second-order valence-corrected chi connectivity index (χ2v) is 7.73. The zero-order valence-corrected chi connectivity index (χ0v) is 13.7. The summed E-state index contributed by atoms with van der Waals surface area (Å²) in [5.74, 6) is 0. The molecule has 21 heavy (non-hydrogen) atoms. The lowest BCUT2D eigenvalue weighted by molar-refractivity contribution is 0.237. The van der Waals surface area contributed by atoms with Gasteiger partial charge in [-0.1, -0.05) is 18.6 Å². The zero-order chi connectivity index (χ0) is 15.3. The zero-order valence-electron chi connectivity index (χ0n) is 12.9. The van der Waals surface area contributed by atoms with Crippen LogP contribution in [0.25, 0.3) is 0 Å². The van der Waals surface area contributed by atoms with Crippen LogP contribution in [0.5, 0.6) is 0 Å². The monoisotopic (exact) mass is 311 g/mol. The van der Waals surface area contributed by atoms with E-state index in [0.29, 0.717) is 10.6 Å². The molecule has 0 bridgehead atoms. The van der Waals surface area contributed by atoms with Crippen molar-refractivity contribution in [2.75, 3.05) is 45.6 Å². The fourth-order valence-corrected chi connectivity index (χ4v) is 3.63. The minimum Gasteiger partial charge on any atom is -0.383 e. The molecule has 1 aromatic rings. The molecule has 1 aliphatic rings. The van der Waals surface area contributed by atoms with Gasteiger partial charge >= 0.3 is 0 Å². The van der Waals surface area contributed by atoms with Crippen LogP contribution >= 0.6 is 0 Å². The van der Waals surface area contributed by atoms with E-state index in [-0.39, 0.29) is 0 Å². The summed E-state index contributed by atoms with van der Waals surface area (Å²) in [5.41, 5.74) is 0.684. The molecule has 0 spiro atoms. The first-order valence-electron chi connectivity index (χ1n) is 7.49. The number of hydrogen-bond donors (Lipinski definition) is 1. The first-order valence-corrected chi connectivity index (χ1v) is 8.93. The van der Waals surface area contributed by atoms with Crippen molar-refractivity contribution >= 4 is 15.7 Å². The van der Waals surface area contributed by atoms with E-state index in [1.807, 2.05) is 12.1 Å². The van der Waals surface area contributed by atoms with Gasteiger partial charge < -0.3 is 10.2 Å². The minimum atomic E-state index is -3.41. The molecule has 118 valence electrons. The predicted molar refractivity (Wildman–Crippen MR) is 86.1 cm³/mol. The van der Waals surface area contributed by atoms with Crippen LogP contribution in [0, 0.1) is 0 Å². The van der Waals surface area contributed by atoms with Crippen molar-refractivity contribution in [2.45, 2.75) is 24.2 Å². The lowest BCUT2D eigenvalue weighted by Crippen LogP contribution is -2.34. The number of para-hydroxylation sites is 1. The molecule has 2 rings (SSSR count). The van der Waals surface area contributed by atoms with E-state index in [4.69, 9.17) is 0 Å². The number of likely N-dealkylation sites (tertiary alicyclic amines) is 1. The van der Waals surface area contributed by atoms with Gasteiger partial charge in [-0.15, -0.1) is 0 Å². The molecule has 0 saturated carbocycles. The molecule has 0 aliphatic carbocycles. The van der Waals surface area contributed by atoms with Crippen LogP contribution < -0.4 is 5.32 Å². The highest BCUT2D eigenvalue weighted by Gasteiger charge is 2.20. The molecule has 5 nitrogen and oxygen atoms in total. The lowest BCUT2D eigenvalue weighted by Gasteiger charge is -2.26. The van der Waals surface area contributed by atoms with Gasteiger partial charge in [0.05, 0.1) is 5.69 Å². The highest BCUT2D eigenvalue weighted by molar-refractivity contribution is 7.89. The molecule has 0 atom stereocenters. The molecule has 6 heteroatoms. The van der Waals surface area contributed by atoms with Crippen LogP contribution in [0.15, 0.2) is 29.2 Å². The Hall–Kier alpha value is -1.11. The van der Waals surface area contributed by atoms with Gasteiger partial charge in [-0.25, -0.2) is 12.7 Å². The summed E-state index contributed by atoms with van der Waals surface area (Å²) >= 11 is 0. The van der Waals surface area contributed by atoms with Crippen LogP contribution in [0.4, 0.5) is 5.69 Å². The SMILES string of the molecule is CN(C)S(=O)(=O)c1ccccc1NCCN1CCCCC1. The third-order valence-electron chi connectivity index (χ3n) is 3.84. The van der Waals surface area contributed by atoms with E-state index in [1.54, 1.807) is 26.2 Å². The van der Waals surface area contributed by atoms with Gasteiger partial charge in [0.2, 0.25) is 10.0 Å². The normalized spacial score (nSPS) is 17.1. The molecule has 1 N–H and O–H groups in total. The quantitative estimate of drug-likeness (QED) is 0.871. The molecular formula is C15H25N3O2S. The summed E-state index contributed by atoms with van der Waals surface area (Å²) < 4.78 is 25.8. The number of sulfonamides is 1. The van der Waals surface area contributed by atoms with Crippen LogP contribution in [-0.2, 0) is 10.0 Å². The second kappa shape index (κ2) is 7.24. The Kier molecular flexibility index (Phi) is 5.61. The molecule has 0 unspecified atom stereocenters. The number of nitrogens with one attached hydrogen (secondary N) is 1. The number of anilines is 1. The molecule has 1 aliphatic heterocycles. The van der Waals surface area contributed by atoms with Crippen molar-refractivity contribution in [1.29, 1.82) is 0 Å². The van der Waals surface area contributed by atoms with Crippen LogP contribution in [0.1, 0.15) is 19.3 Å². The van der Waals surface area contributed by atoms with Crippen molar-refractivity contribution in [2.24, 2.45) is 0 Å². The number of rotatable bonds is 6. The van der Waals surface area contributed by atoms with Gasteiger partial charge in [-0.3, -0.25) is 0 Å². The molecule has 1 aromatic carbocycles. The van der Waals surface area contributed by atoms with Crippen molar-refractivity contribution in [3.8, 4) is 0 Å². The average molecular weight is 311 g/mol. The standard InChI is InChI=1S/C15H25N3O2S/c1-17(2)21(19,20)15-9-5-4-8-14(15)16-10-13-18-11-6-3-7-12-18/h4-5,8-9,16H,3,6-7,10-13H2,1-2H3. The summed E-state index contributed by atoms with van der Waals surface area (Å²) in [6.45, 7) is 4.02. The smallest absolute Gasteiger partial charge is 0.244 e. The Morgan fingerprint density at radius 1 is 1.14 bits per heavy atom. The number of piperidine rings is 1. The lowest BCUT2D eigenvalue weighted by atomic mass is 10.1. The first-order chi connectivity index (χ1) is 10.0. The van der Waals surface area contributed by atoms with Gasteiger partial charge in [-0.05, 0) is 38.1 Å². The summed E-state index contributed by atoms with van der Waals surface area (Å²) in [5, 5.41) is 3.27. The van der Waals surface area contributed by atoms with E-state index in [0.717, 1.165) is 26.2 Å². The van der Waals surface area contributed by atoms with Gasteiger partial charge in [0.25, 0.3) is 0 Å². The maximum absolute atomic E-state index is 12.3. The van der Waals surface area contributed by atoms with Crippen LogP contribution in [0.3, 0.4) is 0 Å². The molecule has 1 fully saturated rings. The number of benzene rings is 1. The Morgan fingerprint density at radius 3 is 2.48 bits per heavy atom. The van der Waals surface area contributed by atoms with Crippen LogP contribution in [0.2, 0.25) is 0 Å². The Bertz CT molecular complexity index is 552. The van der Waals surface area contributed by atoms with Crippen molar-refractivity contribution in [1.82, 2.24) is 9.21 Å². The van der Waals surface area contributed by atoms with E-state index in [2.05, 4.69) is 10.2 Å². The van der Waals surface area contributed by atoms with Crippen molar-refractivity contribution in [3.05, 3.63) is 24.3 Å². The van der Waals surface area contributed by atoms with E-state index >= 15 is 0 Å². The van der Waals surface area contributed by atoms with Crippen LogP contribution in [-0.4, -0.2) is 57.9 Å². The van der Waals surface area contributed by atoms with Gasteiger partial charge in [0, 0.05) is 27.2 Å². The highest BCUT2D eigenvalue weighted by atomic mass is 32.2. The third kappa shape index (κ3) is 4.18. The maximum Gasteiger partial charge on any atom is 0.244 e. The maximum atomic E-state index is 12.3. The van der Waals surface area contributed by atoms with Crippen molar-refractivity contribution < 1.29 is 8.42 Å². The fraction of sp³-hybridized carbons (Fsp3) is 0.600. The fourth-order valence-electron chi connectivity index (χ4n) is 2.57. The summed E-state index contributed by atoms with van der Waals surface area (Å²) in [4.78, 5) is 2.77. The summed E-state index contributed by atoms with van der Waals surface area (Å²) in [6.07, 6.45) is 3.87. The Balaban J connectivity index is 2.00. The second-order valence-electron chi connectivity index (χ2n) is 5.61. The van der Waals surface area contributed by atoms with Gasteiger partial charge in [-0.2, -0.15) is 0 Å².